The third-order valence-electron chi connectivity index (χ3n) is 3.44. The number of pyridine rings is 1. The highest BCUT2D eigenvalue weighted by Gasteiger charge is 2.14. The fraction of sp³-hybridized carbons (Fsp3) is 0.235. The summed E-state index contributed by atoms with van der Waals surface area (Å²) in [6, 6.07) is 4.24. The molecular formula is C17H18Cl2N2. The van der Waals surface area contributed by atoms with Crippen molar-refractivity contribution >= 4 is 28.9 Å². The molecule has 0 saturated carbocycles. The third-order valence-corrected chi connectivity index (χ3v) is 4.01. The molecule has 21 heavy (non-hydrogen) atoms. The zero-order valence-corrected chi connectivity index (χ0v) is 13.7. The van der Waals surface area contributed by atoms with Gasteiger partial charge in [-0.1, -0.05) is 36.2 Å². The van der Waals surface area contributed by atoms with E-state index in [4.69, 9.17) is 23.2 Å². The van der Waals surface area contributed by atoms with Crippen molar-refractivity contribution in [3.63, 3.8) is 0 Å². The smallest absolute Gasteiger partial charge is 0.0682 e. The van der Waals surface area contributed by atoms with E-state index in [1.54, 1.807) is 12.4 Å². The number of aromatic nitrogens is 1. The van der Waals surface area contributed by atoms with E-state index in [1.165, 1.54) is 11.1 Å². The van der Waals surface area contributed by atoms with Crippen LogP contribution in [0.2, 0.25) is 10.0 Å². The second-order valence-electron chi connectivity index (χ2n) is 4.74. The summed E-state index contributed by atoms with van der Waals surface area (Å²) in [4.78, 5) is 4.01. The molecule has 0 fully saturated rings. The highest BCUT2D eigenvalue weighted by atomic mass is 35.5. The van der Waals surface area contributed by atoms with Gasteiger partial charge in [-0.05, 0) is 41.7 Å². The number of hydrogen-bond donors (Lipinski definition) is 1. The van der Waals surface area contributed by atoms with Crippen molar-refractivity contribution in [1.82, 2.24) is 4.98 Å². The van der Waals surface area contributed by atoms with E-state index in [9.17, 15) is 0 Å². The monoisotopic (exact) mass is 320 g/mol. The molecule has 1 N–H and O–H groups in total. The molecule has 1 aromatic heterocycles. The number of allylic oxidation sites excluding steroid dienone is 1. The van der Waals surface area contributed by atoms with Gasteiger partial charge in [0, 0.05) is 30.7 Å². The number of nitrogens with one attached hydrogen (secondary N) is 1. The quantitative estimate of drug-likeness (QED) is 0.747. The van der Waals surface area contributed by atoms with Crippen LogP contribution in [0.4, 0.5) is 5.69 Å². The summed E-state index contributed by atoms with van der Waals surface area (Å²) in [6.07, 6.45) is 6.85. The van der Waals surface area contributed by atoms with Gasteiger partial charge in [-0.2, -0.15) is 0 Å². The number of halogens is 2. The molecule has 0 unspecified atom stereocenters. The van der Waals surface area contributed by atoms with Crippen molar-refractivity contribution in [2.75, 3.05) is 12.4 Å². The van der Waals surface area contributed by atoms with Gasteiger partial charge in [0.15, 0.2) is 0 Å². The van der Waals surface area contributed by atoms with Crippen LogP contribution in [0, 0.1) is 0 Å². The minimum absolute atomic E-state index is 0.561. The molecule has 0 aliphatic heterocycles. The summed E-state index contributed by atoms with van der Waals surface area (Å²) in [6.45, 7) is 5.97. The van der Waals surface area contributed by atoms with Crippen molar-refractivity contribution < 1.29 is 0 Å². The van der Waals surface area contributed by atoms with Crippen LogP contribution >= 0.6 is 23.2 Å². The molecule has 2 rings (SSSR count). The van der Waals surface area contributed by atoms with Crippen LogP contribution in [-0.2, 0) is 12.8 Å². The zero-order chi connectivity index (χ0) is 15.4. The highest BCUT2D eigenvalue weighted by molar-refractivity contribution is 6.39. The van der Waals surface area contributed by atoms with Crippen LogP contribution in [0.3, 0.4) is 0 Å². The number of aryl methyl sites for hydroxylation is 1. The first-order valence-corrected chi connectivity index (χ1v) is 7.61. The number of benzene rings is 1. The Kier molecular flexibility index (Phi) is 5.27. The Labute approximate surface area is 135 Å². The molecular weight excluding hydrogens is 303 g/mol. The fourth-order valence-electron chi connectivity index (χ4n) is 2.52. The van der Waals surface area contributed by atoms with Gasteiger partial charge in [-0.25, -0.2) is 0 Å². The first-order valence-electron chi connectivity index (χ1n) is 6.86. The maximum atomic E-state index is 6.28. The molecule has 0 spiro atoms. The third kappa shape index (κ3) is 3.22. The zero-order valence-electron chi connectivity index (χ0n) is 12.2. The largest absolute Gasteiger partial charge is 0.388 e. The summed E-state index contributed by atoms with van der Waals surface area (Å²) in [5.41, 5.74) is 5.42. The molecule has 0 aliphatic rings. The van der Waals surface area contributed by atoms with Crippen molar-refractivity contribution in [1.29, 1.82) is 0 Å². The van der Waals surface area contributed by atoms with Gasteiger partial charge in [0.25, 0.3) is 0 Å². The van der Waals surface area contributed by atoms with Crippen LogP contribution in [0.1, 0.15) is 18.1 Å². The van der Waals surface area contributed by atoms with Gasteiger partial charge in [-0.3, -0.25) is 4.98 Å². The van der Waals surface area contributed by atoms with Gasteiger partial charge in [0.05, 0.1) is 10.0 Å². The molecule has 0 radical (unpaired) electrons. The van der Waals surface area contributed by atoms with Crippen molar-refractivity contribution in [2.45, 2.75) is 19.8 Å². The first kappa shape index (κ1) is 15.9. The summed E-state index contributed by atoms with van der Waals surface area (Å²) < 4.78 is 0. The Morgan fingerprint density at radius 2 is 1.81 bits per heavy atom. The maximum Gasteiger partial charge on any atom is 0.0682 e. The van der Waals surface area contributed by atoms with E-state index in [2.05, 4.69) is 35.9 Å². The van der Waals surface area contributed by atoms with E-state index >= 15 is 0 Å². The molecule has 0 bridgehead atoms. The van der Waals surface area contributed by atoms with Crippen LogP contribution in [-0.4, -0.2) is 12.0 Å². The Balaban J connectivity index is 2.70. The Morgan fingerprint density at radius 3 is 2.33 bits per heavy atom. The summed E-state index contributed by atoms with van der Waals surface area (Å²) in [5.74, 6) is 0. The Hall–Kier alpha value is -1.51. The second kappa shape index (κ2) is 6.97. The summed E-state index contributed by atoms with van der Waals surface area (Å²) in [7, 11) is 1.94. The SMILES string of the molecule is C=CCc1cc(-c2c(Cl)cncc2Cl)cc(CC)c1NC. The van der Waals surface area contributed by atoms with E-state index in [1.807, 2.05) is 13.1 Å². The van der Waals surface area contributed by atoms with Crippen molar-refractivity contribution in [3.05, 3.63) is 58.4 Å². The molecule has 2 nitrogen and oxygen atoms in total. The molecule has 0 amide bonds. The molecule has 4 heteroatoms. The minimum atomic E-state index is 0.561. The fourth-order valence-corrected chi connectivity index (χ4v) is 3.10. The lowest BCUT2D eigenvalue weighted by Gasteiger charge is -2.16. The van der Waals surface area contributed by atoms with Crippen molar-refractivity contribution in [2.24, 2.45) is 0 Å². The predicted octanol–water partition coefficient (Wildman–Crippen LogP) is 5.39. The Morgan fingerprint density at radius 1 is 1.19 bits per heavy atom. The lowest BCUT2D eigenvalue weighted by molar-refractivity contribution is 1.12. The van der Waals surface area contributed by atoms with Gasteiger partial charge in [0.2, 0.25) is 0 Å². The van der Waals surface area contributed by atoms with E-state index in [-0.39, 0.29) is 0 Å². The van der Waals surface area contributed by atoms with E-state index in [0.717, 1.165) is 29.7 Å². The van der Waals surface area contributed by atoms with Gasteiger partial charge in [0.1, 0.15) is 0 Å². The van der Waals surface area contributed by atoms with Crippen molar-refractivity contribution in [3.8, 4) is 11.1 Å². The minimum Gasteiger partial charge on any atom is -0.388 e. The summed E-state index contributed by atoms with van der Waals surface area (Å²) >= 11 is 12.6. The lowest BCUT2D eigenvalue weighted by atomic mass is 9.95. The average molecular weight is 321 g/mol. The maximum absolute atomic E-state index is 6.28. The molecule has 2 aromatic rings. The lowest BCUT2D eigenvalue weighted by Crippen LogP contribution is -2.01. The Bertz CT molecular complexity index is 646. The second-order valence-corrected chi connectivity index (χ2v) is 5.56. The van der Waals surface area contributed by atoms with E-state index < -0.39 is 0 Å². The molecule has 0 atom stereocenters. The number of rotatable bonds is 5. The molecule has 1 heterocycles. The molecule has 0 aliphatic carbocycles. The van der Waals surface area contributed by atoms with Gasteiger partial charge in [-0.15, -0.1) is 6.58 Å². The average Bonchev–Trinajstić information content (AvgIpc) is 2.47. The van der Waals surface area contributed by atoms with Gasteiger partial charge < -0.3 is 5.32 Å². The predicted molar refractivity (Wildman–Crippen MR) is 92.5 cm³/mol. The number of anilines is 1. The highest BCUT2D eigenvalue weighted by Crippen LogP contribution is 2.37. The molecule has 1 aromatic carbocycles. The van der Waals surface area contributed by atoms with Crippen LogP contribution in [0.25, 0.3) is 11.1 Å². The van der Waals surface area contributed by atoms with Crippen LogP contribution in [0.15, 0.2) is 37.2 Å². The van der Waals surface area contributed by atoms with E-state index in [0.29, 0.717) is 10.0 Å². The standard InChI is InChI=1S/C17H18Cl2N2/c1-4-6-12-8-13(7-11(5-2)17(12)20-3)16-14(18)9-21-10-15(16)19/h4,7-10,20H,1,5-6H2,2-3H3. The number of hydrogen-bond acceptors (Lipinski definition) is 2. The number of nitrogens with zero attached hydrogens (tertiary/aromatic N) is 1. The van der Waals surface area contributed by atoms with Crippen LogP contribution < -0.4 is 5.32 Å². The first-order chi connectivity index (χ1) is 10.1. The summed E-state index contributed by atoms with van der Waals surface area (Å²) in [5, 5.41) is 4.40. The topological polar surface area (TPSA) is 24.9 Å². The molecule has 110 valence electrons. The van der Waals surface area contributed by atoms with Crippen LogP contribution in [0.5, 0.6) is 0 Å². The normalized spacial score (nSPS) is 10.5. The van der Waals surface area contributed by atoms with Gasteiger partial charge >= 0.3 is 0 Å². The molecule has 0 saturated heterocycles.